The van der Waals surface area contributed by atoms with Crippen LogP contribution in [0.4, 0.5) is 5.13 Å². The van der Waals surface area contributed by atoms with Gasteiger partial charge in [-0.2, -0.15) is 0 Å². The molecule has 1 saturated carbocycles. The normalized spacial score (nSPS) is 14.8. The first-order valence-corrected chi connectivity index (χ1v) is 7.54. The number of aromatic nitrogens is 2. The summed E-state index contributed by atoms with van der Waals surface area (Å²) in [6.07, 6.45) is 2.40. The molecule has 1 fully saturated rings. The van der Waals surface area contributed by atoms with Crippen molar-refractivity contribution in [3.8, 4) is 0 Å². The van der Waals surface area contributed by atoms with Crippen LogP contribution in [0.2, 0.25) is 0 Å². The van der Waals surface area contributed by atoms with Gasteiger partial charge in [-0.1, -0.05) is 11.3 Å². The molecule has 4 nitrogen and oxygen atoms in total. The fraction of sp³-hybridized carbons (Fsp3) is 0.417. The summed E-state index contributed by atoms with van der Waals surface area (Å²) in [4.78, 5) is 13.3. The molecule has 0 aromatic carbocycles. The van der Waals surface area contributed by atoms with Crippen molar-refractivity contribution >= 4 is 33.7 Å². The second-order valence-electron chi connectivity index (χ2n) is 4.50. The van der Waals surface area contributed by atoms with Gasteiger partial charge >= 0.3 is 0 Å². The molecule has 0 radical (unpaired) electrons. The van der Waals surface area contributed by atoms with Gasteiger partial charge in [0, 0.05) is 16.2 Å². The van der Waals surface area contributed by atoms with Crippen LogP contribution in [0.1, 0.15) is 44.6 Å². The van der Waals surface area contributed by atoms with Gasteiger partial charge in [0.05, 0.1) is 5.56 Å². The van der Waals surface area contributed by atoms with E-state index in [2.05, 4.69) is 15.5 Å². The zero-order valence-electron chi connectivity index (χ0n) is 10.2. The fourth-order valence-corrected chi connectivity index (χ4v) is 3.46. The zero-order chi connectivity index (χ0) is 12.7. The maximum Gasteiger partial charge on any atom is 0.258 e. The Morgan fingerprint density at radius 3 is 2.78 bits per heavy atom. The number of nitrogens with one attached hydrogen (secondary N) is 1. The molecular weight excluding hydrogens is 266 g/mol. The van der Waals surface area contributed by atoms with Crippen LogP contribution in [0, 0.1) is 13.8 Å². The highest BCUT2D eigenvalue weighted by molar-refractivity contribution is 7.15. The molecule has 6 heteroatoms. The fourth-order valence-electron chi connectivity index (χ4n) is 1.68. The average molecular weight is 279 g/mol. The third-order valence-electron chi connectivity index (χ3n) is 3.12. The summed E-state index contributed by atoms with van der Waals surface area (Å²) in [5, 5.41) is 14.5. The molecule has 1 N–H and O–H groups in total. The highest BCUT2D eigenvalue weighted by Crippen LogP contribution is 2.42. The lowest BCUT2D eigenvalue weighted by Gasteiger charge is -2.00. The molecule has 1 aliphatic rings. The van der Waals surface area contributed by atoms with Crippen LogP contribution in [-0.2, 0) is 0 Å². The monoisotopic (exact) mass is 279 g/mol. The van der Waals surface area contributed by atoms with Gasteiger partial charge in [0.25, 0.3) is 5.91 Å². The summed E-state index contributed by atoms with van der Waals surface area (Å²) in [7, 11) is 0. The van der Waals surface area contributed by atoms with Crippen LogP contribution in [-0.4, -0.2) is 16.1 Å². The first-order chi connectivity index (χ1) is 8.65. The van der Waals surface area contributed by atoms with Crippen LogP contribution in [0.3, 0.4) is 0 Å². The maximum absolute atomic E-state index is 12.1. The molecule has 2 heterocycles. The number of hydrogen-bond donors (Lipinski definition) is 1. The van der Waals surface area contributed by atoms with Gasteiger partial charge in [-0.3, -0.25) is 10.1 Å². The van der Waals surface area contributed by atoms with E-state index in [0.717, 1.165) is 16.1 Å². The van der Waals surface area contributed by atoms with E-state index >= 15 is 0 Å². The molecule has 1 aliphatic carbocycles. The molecule has 0 aliphatic heterocycles. The Bertz CT molecular complexity index is 598. The molecule has 2 aromatic rings. The summed E-state index contributed by atoms with van der Waals surface area (Å²) >= 11 is 3.08. The summed E-state index contributed by atoms with van der Waals surface area (Å²) in [6.45, 7) is 3.99. The maximum atomic E-state index is 12.1. The van der Waals surface area contributed by atoms with Gasteiger partial charge in [-0.05, 0) is 32.3 Å². The van der Waals surface area contributed by atoms with Crippen molar-refractivity contribution in [1.29, 1.82) is 0 Å². The van der Waals surface area contributed by atoms with E-state index in [0.29, 0.717) is 11.0 Å². The van der Waals surface area contributed by atoms with Gasteiger partial charge in [-0.15, -0.1) is 21.5 Å². The number of thiophene rings is 1. The Balaban J connectivity index is 1.75. The first kappa shape index (κ1) is 11.8. The van der Waals surface area contributed by atoms with E-state index in [1.54, 1.807) is 11.3 Å². The number of carbonyl (C=O) groups is 1. The first-order valence-electron chi connectivity index (χ1n) is 5.84. The third-order valence-corrected chi connectivity index (χ3v) is 5.13. The Morgan fingerprint density at radius 1 is 1.39 bits per heavy atom. The molecule has 0 saturated heterocycles. The SMILES string of the molecule is Cc1scc(C(=O)Nc2nnc(C3CC3)s2)c1C. The second-order valence-corrected chi connectivity index (χ2v) is 6.60. The van der Waals surface area contributed by atoms with Crippen molar-refractivity contribution in [2.75, 3.05) is 5.32 Å². The number of nitrogens with zero attached hydrogens (tertiary/aromatic N) is 2. The number of carbonyl (C=O) groups excluding carboxylic acids is 1. The zero-order valence-corrected chi connectivity index (χ0v) is 11.8. The minimum absolute atomic E-state index is 0.0876. The van der Waals surface area contributed by atoms with Gasteiger partial charge in [0.1, 0.15) is 5.01 Å². The molecule has 0 spiro atoms. The van der Waals surface area contributed by atoms with Gasteiger partial charge in [-0.25, -0.2) is 0 Å². The number of amides is 1. The van der Waals surface area contributed by atoms with Crippen molar-refractivity contribution in [2.24, 2.45) is 0 Å². The van der Waals surface area contributed by atoms with Crippen molar-refractivity contribution in [2.45, 2.75) is 32.6 Å². The van der Waals surface area contributed by atoms with Crippen molar-refractivity contribution in [3.05, 3.63) is 26.4 Å². The Hall–Kier alpha value is -1.27. The minimum Gasteiger partial charge on any atom is -0.296 e. The Kier molecular flexibility index (Phi) is 2.91. The standard InChI is InChI=1S/C12H13N3OS2/c1-6-7(2)17-5-9(6)10(16)13-12-15-14-11(18-12)8-3-4-8/h5,8H,3-4H2,1-2H3,(H,13,15,16). The quantitative estimate of drug-likeness (QED) is 0.937. The van der Waals surface area contributed by atoms with E-state index in [4.69, 9.17) is 0 Å². The van der Waals surface area contributed by atoms with E-state index in [-0.39, 0.29) is 5.91 Å². The lowest BCUT2D eigenvalue weighted by Crippen LogP contribution is -2.12. The largest absolute Gasteiger partial charge is 0.296 e. The highest BCUT2D eigenvalue weighted by Gasteiger charge is 2.27. The highest BCUT2D eigenvalue weighted by atomic mass is 32.1. The Morgan fingerprint density at radius 2 is 2.17 bits per heavy atom. The lowest BCUT2D eigenvalue weighted by atomic mass is 10.2. The van der Waals surface area contributed by atoms with Gasteiger partial charge in [0.15, 0.2) is 0 Å². The molecular formula is C12H13N3OS2. The van der Waals surface area contributed by atoms with Crippen LogP contribution in [0.5, 0.6) is 0 Å². The number of hydrogen-bond acceptors (Lipinski definition) is 5. The van der Waals surface area contributed by atoms with Crippen molar-refractivity contribution in [3.63, 3.8) is 0 Å². The average Bonchev–Trinajstić information content (AvgIpc) is 3.01. The Labute approximate surface area is 113 Å². The summed E-state index contributed by atoms with van der Waals surface area (Å²) in [6, 6.07) is 0. The molecule has 0 unspecified atom stereocenters. The smallest absolute Gasteiger partial charge is 0.258 e. The molecule has 0 bridgehead atoms. The number of rotatable bonds is 3. The van der Waals surface area contributed by atoms with Crippen LogP contribution in [0.25, 0.3) is 0 Å². The van der Waals surface area contributed by atoms with E-state index in [1.807, 2.05) is 19.2 Å². The van der Waals surface area contributed by atoms with Crippen LogP contribution < -0.4 is 5.32 Å². The summed E-state index contributed by atoms with van der Waals surface area (Å²) in [5.74, 6) is 0.494. The lowest BCUT2D eigenvalue weighted by molar-refractivity contribution is 0.102. The summed E-state index contributed by atoms with van der Waals surface area (Å²) < 4.78 is 0. The van der Waals surface area contributed by atoms with E-state index in [9.17, 15) is 4.79 Å². The minimum atomic E-state index is -0.0876. The van der Waals surface area contributed by atoms with Crippen LogP contribution >= 0.6 is 22.7 Å². The molecule has 94 valence electrons. The number of anilines is 1. The summed E-state index contributed by atoms with van der Waals surface area (Å²) in [5.41, 5.74) is 1.78. The number of aryl methyl sites for hydroxylation is 1. The molecule has 0 atom stereocenters. The third kappa shape index (κ3) is 2.18. The van der Waals surface area contributed by atoms with E-state index in [1.165, 1.54) is 29.1 Å². The molecule has 18 heavy (non-hydrogen) atoms. The van der Waals surface area contributed by atoms with Gasteiger partial charge < -0.3 is 0 Å². The molecule has 3 rings (SSSR count). The predicted molar refractivity (Wildman–Crippen MR) is 73.6 cm³/mol. The predicted octanol–water partition coefficient (Wildman–Crippen LogP) is 3.35. The molecule has 2 aromatic heterocycles. The van der Waals surface area contributed by atoms with Crippen molar-refractivity contribution < 1.29 is 4.79 Å². The van der Waals surface area contributed by atoms with Crippen molar-refractivity contribution in [1.82, 2.24) is 10.2 Å². The van der Waals surface area contributed by atoms with Gasteiger partial charge in [0.2, 0.25) is 5.13 Å². The van der Waals surface area contributed by atoms with E-state index < -0.39 is 0 Å². The molecule has 1 amide bonds. The van der Waals surface area contributed by atoms with Crippen LogP contribution in [0.15, 0.2) is 5.38 Å². The second kappa shape index (κ2) is 4.44. The topological polar surface area (TPSA) is 54.9 Å².